The van der Waals surface area contributed by atoms with Crippen LogP contribution in [0.4, 0.5) is 0 Å². The number of fused-ring (bicyclic) bond motifs is 1. The van der Waals surface area contributed by atoms with Crippen molar-refractivity contribution < 1.29 is 9.53 Å². The van der Waals surface area contributed by atoms with Crippen molar-refractivity contribution in [3.05, 3.63) is 35.6 Å². The molecule has 0 unspecified atom stereocenters. The Kier molecular flexibility index (Phi) is 4.50. The van der Waals surface area contributed by atoms with Gasteiger partial charge in [0, 0.05) is 18.6 Å². The van der Waals surface area contributed by atoms with E-state index in [1.54, 1.807) is 7.11 Å². The Morgan fingerprint density at radius 3 is 3.14 bits per heavy atom. The highest BCUT2D eigenvalue weighted by molar-refractivity contribution is 5.97. The Morgan fingerprint density at radius 1 is 1.50 bits per heavy atom. The molecule has 0 aromatic rings. The SMILES string of the molecule is COC1=C/C/C=C(/C(=O)CN2C[C@H]3CCC[C@@]3(N)C2)C/C=C\1. The predicted molar refractivity (Wildman–Crippen MR) is 87.3 cm³/mol. The summed E-state index contributed by atoms with van der Waals surface area (Å²) in [4.78, 5) is 14.8. The van der Waals surface area contributed by atoms with E-state index in [-0.39, 0.29) is 11.3 Å². The van der Waals surface area contributed by atoms with Gasteiger partial charge in [-0.1, -0.05) is 18.6 Å². The number of nitrogens with zero attached hydrogens (tertiary/aromatic N) is 1. The van der Waals surface area contributed by atoms with Crippen molar-refractivity contribution >= 4 is 5.78 Å². The minimum Gasteiger partial charge on any atom is -0.497 e. The van der Waals surface area contributed by atoms with Crippen LogP contribution in [0.15, 0.2) is 35.6 Å². The van der Waals surface area contributed by atoms with Crippen LogP contribution in [0.5, 0.6) is 0 Å². The number of rotatable bonds is 4. The first-order valence-corrected chi connectivity index (χ1v) is 8.25. The normalized spacial score (nSPS) is 38.2. The smallest absolute Gasteiger partial charge is 0.172 e. The molecular weight excluding hydrogens is 276 g/mol. The molecule has 1 saturated heterocycles. The second kappa shape index (κ2) is 6.39. The van der Waals surface area contributed by atoms with E-state index in [1.165, 1.54) is 12.8 Å². The quantitative estimate of drug-likeness (QED) is 0.865. The molecule has 0 amide bonds. The van der Waals surface area contributed by atoms with Gasteiger partial charge in [0.1, 0.15) is 5.76 Å². The van der Waals surface area contributed by atoms with E-state index >= 15 is 0 Å². The number of Topliss-reactive ketones (excluding diaryl/α,β-unsaturated/α-hetero) is 1. The molecule has 4 heteroatoms. The van der Waals surface area contributed by atoms with Gasteiger partial charge in [-0.2, -0.15) is 0 Å². The number of hydrogen-bond acceptors (Lipinski definition) is 4. The maximum absolute atomic E-state index is 12.6. The lowest BCUT2D eigenvalue weighted by molar-refractivity contribution is -0.116. The second-order valence-electron chi connectivity index (χ2n) is 6.80. The topological polar surface area (TPSA) is 55.6 Å². The van der Waals surface area contributed by atoms with Gasteiger partial charge in [-0.3, -0.25) is 9.69 Å². The largest absolute Gasteiger partial charge is 0.497 e. The maximum atomic E-state index is 12.6. The van der Waals surface area contributed by atoms with Crippen molar-refractivity contribution in [1.82, 2.24) is 4.90 Å². The molecule has 0 radical (unpaired) electrons. The monoisotopic (exact) mass is 302 g/mol. The number of ketones is 1. The number of nitrogens with two attached hydrogens (primary N) is 1. The number of allylic oxidation sites excluding steroid dienone is 4. The van der Waals surface area contributed by atoms with E-state index in [4.69, 9.17) is 10.5 Å². The fourth-order valence-electron chi connectivity index (χ4n) is 4.02. The molecule has 2 fully saturated rings. The Balaban J connectivity index is 1.59. The van der Waals surface area contributed by atoms with E-state index in [9.17, 15) is 4.79 Å². The third kappa shape index (κ3) is 3.18. The summed E-state index contributed by atoms with van der Waals surface area (Å²) in [7, 11) is 1.67. The summed E-state index contributed by atoms with van der Waals surface area (Å²) >= 11 is 0. The van der Waals surface area contributed by atoms with E-state index in [2.05, 4.69) is 4.90 Å². The molecule has 3 rings (SSSR count). The van der Waals surface area contributed by atoms with E-state index < -0.39 is 0 Å². The molecule has 1 aliphatic heterocycles. The molecule has 2 N–H and O–H groups in total. The third-order valence-electron chi connectivity index (χ3n) is 5.27. The van der Waals surface area contributed by atoms with E-state index in [0.29, 0.717) is 18.9 Å². The molecule has 2 atom stereocenters. The van der Waals surface area contributed by atoms with E-state index in [0.717, 1.165) is 37.3 Å². The van der Waals surface area contributed by atoms with Gasteiger partial charge in [-0.15, -0.1) is 0 Å². The second-order valence-corrected chi connectivity index (χ2v) is 6.80. The maximum Gasteiger partial charge on any atom is 0.172 e. The Bertz CT molecular complexity index is 535. The Hall–Kier alpha value is -1.39. The number of ether oxygens (including phenoxy) is 1. The summed E-state index contributed by atoms with van der Waals surface area (Å²) in [6.07, 6.45) is 13.0. The molecule has 0 bridgehead atoms. The zero-order valence-electron chi connectivity index (χ0n) is 13.4. The fraction of sp³-hybridized carbons (Fsp3) is 0.611. The van der Waals surface area contributed by atoms with Crippen LogP contribution in [-0.2, 0) is 9.53 Å². The highest BCUT2D eigenvalue weighted by Crippen LogP contribution is 2.39. The molecule has 1 heterocycles. The third-order valence-corrected chi connectivity index (χ3v) is 5.27. The summed E-state index contributed by atoms with van der Waals surface area (Å²) < 4.78 is 5.22. The molecule has 22 heavy (non-hydrogen) atoms. The van der Waals surface area contributed by atoms with Gasteiger partial charge < -0.3 is 10.5 Å². The average Bonchev–Trinajstić information content (AvgIpc) is 2.92. The van der Waals surface area contributed by atoms with Crippen LogP contribution >= 0.6 is 0 Å². The molecule has 0 spiro atoms. The lowest BCUT2D eigenvalue weighted by Crippen LogP contribution is -2.44. The van der Waals surface area contributed by atoms with Crippen LogP contribution in [0, 0.1) is 5.92 Å². The van der Waals surface area contributed by atoms with Gasteiger partial charge in [0.2, 0.25) is 0 Å². The molecule has 120 valence electrons. The number of methoxy groups -OCH3 is 1. The molecular formula is C18H26N2O2. The molecule has 0 aromatic heterocycles. The van der Waals surface area contributed by atoms with Crippen LogP contribution in [-0.4, -0.2) is 43.0 Å². The first-order valence-electron chi connectivity index (χ1n) is 8.25. The summed E-state index contributed by atoms with van der Waals surface area (Å²) in [5.41, 5.74) is 7.36. The van der Waals surface area contributed by atoms with Crippen LogP contribution in [0.25, 0.3) is 0 Å². The van der Waals surface area contributed by atoms with Crippen molar-refractivity contribution in [3.63, 3.8) is 0 Å². The lowest BCUT2D eigenvalue weighted by Gasteiger charge is -2.23. The van der Waals surface area contributed by atoms with Gasteiger partial charge >= 0.3 is 0 Å². The van der Waals surface area contributed by atoms with Crippen molar-refractivity contribution in [1.29, 1.82) is 0 Å². The fourth-order valence-corrected chi connectivity index (χ4v) is 4.02. The number of carbonyl (C=O) groups excluding carboxylic acids is 1. The van der Waals surface area contributed by atoms with Gasteiger partial charge in [0.25, 0.3) is 0 Å². The van der Waals surface area contributed by atoms with Gasteiger partial charge in [-0.25, -0.2) is 0 Å². The number of likely N-dealkylation sites (tertiary alicyclic amines) is 1. The van der Waals surface area contributed by atoms with Crippen LogP contribution in [0.3, 0.4) is 0 Å². The van der Waals surface area contributed by atoms with E-state index in [1.807, 2.05) is 24.3 Å². The minimum atomic E-state index is -0.0361. The lowest BCUT2D eigenvalue weighted by atomic mass is 9.92. The minimum absolute atomic E-state index is 0.0361. The summed E-state index contributed by atoms with van der Waals surface area (Å²) in [5, 5.41) is 0. The van der Waals surface area contributed by atoms with Gasteiger partial charge in [0.05, 0.1) is 13.7 Å². The van der Waals surface area contributed by atoms with Gasteiger partial charge in [-0.05, 0) is 49.3 Å². The van der Waals surface area contributed by atoms with Gasteiger partial charge in [0.15, 0.2) is 5.78 Å². The van der Waals surface area contributed by atoms with Crippen molar-refractivity contribution in [3.8, 4) is 0 Å². The Morgan fingerprint density at radius 2 is 2.36 bits per heavy atom. The van der Waals surface area contributed by atoms with Crippen molar-refractivity contribution in [2.75, 3.05) is 26.7 Å². The molecule has 2 aliphatic carbocycles. The molecule has 1 saturated carbocycles. The molecule has 3 aliphatic rings. The zero-order chi connectivity index (χ0) is 15.6. The Labute approximate surface area is 132 Å². The number of hydrogen-bond donors (Lipinski definition) is 1. The van der Waals surface area contributed by atoms with Crippen molar-refractivity contribution in [2.24, 2.45) is 11.7 Å². The summed E-state index contributed by atoms with van der Waals surface area (Å²) in [5.74, 6) is 1.68. The number of carbonyl (C=O) groups is 1. The van der Waals surface area contributed by atoms with Crippen molar-refractivity contribution in [2.45, 2.75) is 37.6 Å². The van der Waals surface area contributed by atoms with Crippen LogP contribution in [0.2, 0.25) is 0 Å². The van der Waals surface area contributed by atoms with Crippen LogP contribution in [0.1, 0.15) is 32.1 Å². The first-order chi connectivity index (χ1) is 10.6. The average molecular weight is 302 g/mol. The zero-order valence-corrected chi connectivity index (χ0v) is 13.4. The highest BCUT2D eigenvalue weighted by Gasteiger charge is 2.46. The highest BCUT2D eigenvalue weighted by atomic mass is 16.5. The summed E-state index contributed by atoms with van der Waals surface area (Å²) in [6, 6.07) is 0. The molecule has 0 aromatic carbocycles. The predicted octanol–water partition coefficient (Wildman–Crippen LogP) is 2.18. The van der Waals surface area contributed by atoms with Crippen LogP contribution < -0.4 is 5.73 Å². The summed E-state index contributed by atoms with van der Waals surface area (Å²) in [6.45, 7) is 2.37. The standard InChI is InChI=1S/C18H26N2O2/c1-22-16-8-2-5-14(6-3-9-16)17(21)12-20-11-15-7-4-10-18(15,19)13-20/h2,6,8-9,15H,3-5,7,10-13,19H2,1H3/b8-2-,14-6+,16-9+/t15-,18-/m1/s1. The molecule has 4 nitrogen and oxygen atoms in total. The first kappa shape index (κ1) is 15.5.